The molecule has 3 fully saturated rings. The number of ether oxygens (including phenoxy) is 2. The molecule has 1 N–H and O–H groups in total. The van der Waals surface area contributed by atoms with Crippen molar-refractivity contribution in [3.63, 3.8) is 0 Å². The molecule has 3 aliphatic rings. The molecule has 0 aromatic heterocycles. The predicted molar refractivity (Wildman–Crippen MR) is 108 cm³/mol. The highest BCUT2D eigenvalue weighted by atomic mass is 16.5. The quantitative estimate of drug-likeness (QED) is 0.836. The van der Waals surface area contributed by atoms with Gasteiger partial charge in [0, 0.05) is 45.3 Å². The van der Waals surface area contributed by atoms with Gasteiger partial charge in [-0.3, -0.25) is 9.69 Å². The lowest BCUT2D eigenvalue weighted by atomic mass is 9.98. The molecular formula is C22H33N3O3. The first-order valence-electron chi connectivity index (χ1n) is 10.8. The minimum Gasteiger partial charge on any atom is -0.489 e. The second-order valence-corrected chi connectivity index (χ2v) is 8.23. The Kier molecular flexibility index (Phi) is 6.50. The maximum Gasteiger partial charge on any atom is 0.237 e. The number of hydrogen-bond donors (Lipinski definition) is 1. The molecule has 1 aromatic rings. The highest BCUT2D eigenvalue weighted by Gasteiger charge is 2.42. The Morgan fingerprint density at radius 1 is 1.07 bits per heavy atom. The summed E-state index contributed by atoms with van der Waals surface area (Å²) in [7, 11) is 1.74. The van der Waals surface area contributed by atoms with Crippen molar-refractivity contribution in [3.05, 3.63) is 30.3 Å². The van der Waals surface area contributed by atoms with Gasteiger partial charge in [0.2, 0.25) is 5.91 Å². The van der Waals surface area contributed by atoms with Crippen LogP contribution in [0, 0.1) is 0 Å². The zero-order valence-corrected chi connectivity index (χ0v) is 16.9. The van der Waals surface area contributed by atoms with Crippen molar-refractivity contribution < 1.29 is 14.3 Å². The predicted octanol–water partition coefficient (Wildman–Crippen LogP) is 1.90. The van der Waals surface area contributed by atoms with E-state index >= 15 is 0 Å². The highest BCUT2D eigenvalue weighted by molar-refractivity contribution is 5.81. The molecular weight excluding hydrogens is 354 g/mol. The average molecular weight is 388 g/mol. The van der Waals surface area contributed by atoms with E-state index in [2.05, 4.69) is 15.1 Å². The Balaban J connectivity index is 1.36. The molecule has 3 heterocycles. The van der Waals surface area contributed by atoms with Gasteiger partial charge < -0.3 is 19.7 Å². The summed E-state index contributed by atoms with van der Waals surface area (Å²) < 4.78 is 11.7. The second kappa shape index (κ2) is 9.25. The van der Waals surface area contributed by atoms with Crippen molar-refractivity contribution in [2.45, 2.75) is 56.3 Å². The molecule has 0 unspecified atom stereocenters. The van der Waals surface area contributed by atoms with Gasteiger partial charge in [0.15, 0.2) is 0 Å². The molecule has 0 saturated carbocycles. The summed E-state index contributed by atoms with van der Waals surface area (Å²) in [5.41, 5.74) is 0. The molecule has 0 aliphatic carbocycles. The average Bonchev–Trinajstić information content (AvgIpc) is 3.18. The molecule has 28 heavy (non-hydrogen) atoms. The third-order valence-corrected chi connectivity index (χ3v) is 6.57. The lowest BCUT2D eigenvalue weighted by Crippen LogP contribution is -2.53. The number of likely N-dealkylation sites (N-methyl/N-ethyl adjacent to an activating group) is 1. The molecule has 6 nitrogen and oxygen atoms in total. The number of nitrogens with one attached hydrogen (secondary N) is 1. The Hall–Kier alpha value is -1.63. The number of nitrogens with zero attached hydrogens (tertiary/aromatic N) is 2. The van der Waals surface area contributed by atoms with Crippen LogP contribution in [-0.2, 0) is 9.53 Å². The zero-order valence-electron chi connectivity index (χ0n) is 16.9. The van der Waals surface area contributed by atoms with Gasteiger partial charge in [-0.25, -0.2) is 0 Å². The van der Waals surface area contributed by atoms with Gasteiger partial charge in [0.1, 0.15) is 11.9 Å². The van der Waals surface area contributed by atoms with Crippen LogP contribution in [0.15, 0.2) is 30.3 Å². The van der Waals surface area contributed by atoms with Gasteiger partial charge >= 0.3 is 0 Å². The molecule has 1 amide bonds. The number of carbonyl (C=O) groups is 1. The first kappa shape index (κ1) is 19.7. The van der Waals surface area contributed by atoms with Crippen LogP contribution >= 0.6 is 0 Å². The van der Waals surface area contributed by atoms with Crippen LogP contribution in [0.3, 0.4) is 0 Å². The molecule has 1 aromatic carbocycles. The summed E-state index contributed by atoms with van der Waals surface area (Å²) >= 11 is 0. The Morgan fingerprint density at radius 3 is 2.46 bits per heavy atom. The molecule has 2 atom stereocenters. The first-order chi connectivity index (χ1) is 13.7. The molecule has 3 saturated heterocycles. The maximum absolute atomic E-state index is 12.5. The van der Waals surface area contributed by atoms with E-state index in [9.17, 15) is 4.79 Å². The summed E-state index contributed by atoms with van der Waals surface area (Å²) in [5, 5.41) is 2.86. The van der Waals surface area contributed by atoms with Crippen LogP contribution in [0.4, 0.5) is 0 Å². The first-order valence-corrected chi connectivity index (χ1v) is 10.8. The molecule has 6 heteroatoms. The van der Waals surface area contributed by atoms with Gasteiger partial charge in [-0.15, -0.1) is 0 Å². The van der Waals surface area contributed by atoms with E-state index in [1.165, 1.54) is 0 Å². The van der Waals surface area contributed by atoms with Crippen LogP contribution in [-0.4, -0.2) is 79.8 Å². The third-order valence-electron chi connectivity index (χ3n) is 6.57. The van der Waals surface area contributed by atoms with E-state index in [0.717, 1.165) is 70.7 Å². The Morgan fingerprint density at radius 2 is 1.79 bits per heavy atom. The molecule has 0 radical (unpaired) electrons. The number of para-hydroxylation sites is 1. The van der Waals surface area contributed by atoms with Crippen molar-refractivity contribution in [2.24, 2.45) is 0 Å². The number of piperidine rings is 1. The summed E-state index contributed by atoms with van der Waals surface area (Å²) in [6.45, 7) is 4.86. The number of benzene rings is 1. The topological polar surface area (TPSA) is 54.0 Å². The van der Waals surface area contributed by atoms with Gasteiger partial charge in [-0.2, -0.15) is 0 Å². The third kappa shape index (κ3) is 4.50. The fourth-order valence-corrected chi connectivity index (χ4v) is 5.06. The molecule has 0 spiro atoms. The van der Waals surface area contributed by atoms with E-state index < -0.39 is 0 Å². The second-order valence-electron chi connectivity index (χ2n) is 8.23. The minimum atomic E-state index is -0.0849. The van der Waals surface area contributed by atoms with Crippen molar-refractivity contribution >= 4 is 5.91 Å². The normalized spacial score (nSPS) is 28.3. The van der Waals surface area contributed by atoms with E-state index in [1.54, 1.807) is 7.05 Å². The van der Waals surface area contributed by atoms with Crippen molar-refractivity contribution in [2.75, 3.05) is 39.9 Å². The number of amides is 1. The SMILES string of the molecule is CNC(=O)[C@@H]1C[C@H](Oc2ccccc2)CN1C1CCN(C2CCOCC2)CC1. The van der Waals surface area contributed by atoms with Crippen molar-refractivity contribution in [3.8, 4) is 5.75 Å². The van der Waals surface area contributed by atoms with Crippen LogP contribution in [0.2, 0.25) is 0 Å². The summed E-state index contributed by atoms with van der Waals surface area (Å²) in [6, 6.07) is 11.0. The fourth-order valence-electron chi connectivity index (χ4n) is 5.06. The van der Waals surface area contributed by atoms with Crippen molar-refractivity contribution in [1.29, 1.82) is 0 Å². The minimum absolute atomic E-state index is 0.0678. The van der Waals surface area contributed by atoms with E-state index in [0.29, 0.717) is 12.1 Å². The monoisotopic (exact) mass is 387 g/mol. The van der Waals surface area contributed by atoms with Crippen LogP contribution in [0.5, 0.6) is 5.75 Å². The van der Waals surface area contributed by atoms with Crippen LogP contribution in [0.25, 0.3) is 0 Å². The van der Waals surface area contributed by atoms with Crippen LogP contribution in [0.1, 0.15) is 32.1 Å². The molecule has 0 bridgehead atoms. The zero-order chi connectivity index (χ0) is 19.3. The molecule has 3 aliphatic heterocycles. The van der Waals surface area contributed by atoms with E-state index in [4.69, 9.17) is 9.47 Å². The standard InChI is InChI=1S/C22H33N3O3/c1-23-22(26)21-15-20(28-19-5-3-2-4-6-19)16-25(21)18-7-11-24(12-8-18)17-9-13-27-14-10-17/h2-6,17-18,20-21H,7-16H2,1H3,(H,23,26)/t20-,21-/m0/s1. The summed E-state index contributed by atoms with van der Waals surface area (Å²) in [5.74, 6) is 1.00. The summed E-state index contributed by atoms with van der Waals surface area (Å²) in [4.78, 5) is 17.6. The van der Waals surface area contributed by atoms with Crippen molar-refractivity contribution in [1.82, 2.24) is 15.1 Å². The number of likely N-dealkylation sites (tertiary alicyclic amines) is 2. The smallest absolute Gasteiger partial charge is 0.237 e. The number of hydrogen-bond acceptors (Lipinski definition) is 5. The fraction of sp³-hybridized carbons (Fsp3) is 0.682. The van der Waals surface area contributed by atoms with Gasteiger partial charge in [0.25, 0.3) is 0 Å². The lowest BCUT2D eigenvalue weighted by molar-refractivity contribution is -0.126. The van der Waals surface area contributed by atoms with Crippen LogP contribution < -0.4 is 10.1 Å². The number of carbonyl (C=O) groups excluding carboxylic acids is 1. The largest absolute Gasteiger partial charge is 0.489 e. The maximum atomic E-state index is 12.5. The Labute approximate surface area is 168 Å². The number of rotatable bonds is 5. The highest BCUT2D eigenvalue weighted by Crippen LogP contribution is 2.30. The lowest BCUT2D eigenvalue weighted by Gasteiger charge is -2.42. The van der Waals surface area contributed by atoms with Gasteiger partial charge in [0.05, 0.1) is 6.04 Å². The van der Waals surface area contributed by atoms with Gasteiger partial charge in [-0.1, -0.05) is 18.2 Å². The summed E-state index contributed by atoms with van der Waals surface area (Å²) in [6.07, 6.45) is 5.39. The molecule has 4 rings (SSSR count). The van der Waals surface area contributed by atoms with Gasteiger partial charge in [-0.05, 0) is 50.9 Å². The van der Waals surface area contributed by atoms with E-state index in [-0.39, 0.29) is 18.1 Å². The van der Waals surface area contributed by atoms with E-state index in [1.807, 2.05) is 30.3 Å². The molecule has 154 valence electrons. The Bertz CT molecular complexity index is 627.